The van der Waals surface area contributed by atoms with Crippen molar-refractivity contribution in [3.8, 4) is 0 Å². The Morgan fingerprint density at radius 1 is 1.22 bits per heavy atom. The van der Waals surface area contributed by atoms with Gasteiger partial charge in [0.25, 0.3) is 5.91 Å². The minimum Gasteiger partial charge on any atom is -0.361 e. The monoisotopic (exact) mass is 382 g/mol. The van der Waals surface area contributed by atoms with Crippen molar-refractivity contribution < 1.29 is 9.18 Å². The van der Waals surface area contributed by atoms with Crippen LogP contribution < -0.4 is 10.2 Å². The van der Waals surface area contributed by atoms with Crippen LogP contribution in [0.3, 0.4) is 0 Å². The van der Waals surface area contributed by atoms with Crippen molar-refractivity contribution in [2.24, 2.45) is 0 Å². The number of halogens is 1. The Balaban J connectivity index is 1.40. The van der Waals surface area contributed by atoms with Crippen LogP contribution in [-0.2, 0) is 19.5 Å². The number of para-hydroxylation sites is 1. The lowest BCUT2D eigenvalue weighted by Crippen LogP contribution is -2.28. The zero-order valence-electron chi connectivity index (χ0n) is 14.9. The van der Waals surface area contributed by atoms with Crippen LogP contribution in [0.5, 0.6) is 0 Å². The lowest BCUT2D eigenvalue weighted by atomic mass is 10.1. The van der Waals surface area contributed by atoms with Gasteiger partial charge in [0.05, 0.1) is 6.54 Å². The molecule has 0 saturated heterocycles. The molecule has 4 rings (SSSR count). The first-order valence-corrected chi connectivity index (χ1v) is 9.61. The second kappa shape index (κ2) is 7.44. The van der Waals surface area contributed by atoms with Crippen LogP contribution in [0, 0.1) is 5.82 Å². The van der Waals surface area contributed by atoms with Gasteiger partial charge in [-0.3, -0.25) is 4.79 Å². The molecular weight excluding hydrogens is 363 g/mol. The molecule has 1 aliphatic heterocycles. The van der Waals surface area contributed by atoms with Gasteiger partial charge in [-0.1, -0.05) is 41.7 Å². The van der Waals surface area contributed by atoms with Crippen LogP contribution in [0.4, 0.5) is 10.1 Å². The van der Waals surface area contributed by atoms with E-state index in [1.807, 2.05) is 6.07 Å². The highest BCUT2D eigenvalue weighted by molar-refractivity contribution is 7.13. The number of rotatable bonds is 5. The summed E-state index contributed by atoms with van der Waals surface area (Å²) in [4.78, 5) is 14.6. The van der Waals surface area contributed by atoms with Crippen molar-refractivity contribution in [1.82, 2.24) is 15.5 Å². The molecule has 1 aromatic heterocycles. The Morgan fingerprint density at radius 3 is 2.81 bits per heavy atom. The quantitative estimate of drug-likeness (QED) is 0.733. The molecule has 0 aliphatic carbocycles. The zero-order chi connectivity index (χ0) is 18.8. The maximum absolute atomic E-state index is 12.9. The van der Waals surface area contributed by atoms with Crippen molar-refractivity contribution in [2.75, 3.05) is 4.90 Å². The van der Waals surface area contributed by atoms with E-state index in [2.05, 4.69) is 45.5 Å². The molecule has 1 unspecified atom stereocenters. The predicted octanol–water partition coefficient (Wildman–Crippen LogP) is 3.56. The molecule has 7 heteroatoms. The van der Waals surface area contributed by atoms with Crippen LogP contribution in [0.15, 0.2) is 48.5 Å². The lowest BCUT2D eigenvalue weighted by molar-refractivity contribution is 0.0950. The molecule has 0 spiro atoms. The normalized spacial score (nSPS) is 15.6. The molecule has 1 aliphatic rings. The Hall–Kier alpha value is -2.80. The first-order chi connectivity index (χ1) is 13.1. The highest BCUT2D eigenvalue weighted by Gasteiger charge is 2.26. The molecule has 27 heavy (non-hydrogen) atoms. The van der Waals surface area contributed by atoms with Crippen LogP contribution in [-0.4, -0.2) is 22.1 Å². The first kappa shape index (κ1) is 17.6. The number of nitrogens with one attached hydrogen (secondary N) is 1. The first-order valence-electron chi connectivity index (χ1n) is 8.80. The Kier molecular flexibility index (Phi) is 4.85. The number of anilines is 1. The number of hydrogen-bond acceptors (Lipinski definition) is 5. The number of amides is 1. The van der Waals surface area contributed by atoms with Gasteiger partial charge in [-0.05, 0) is 42.7 Å². The van der Waals surface area contributed by atoms with E-state index >= 15 is 0 Å². The molecule has 1 N–H and O–H groups in total. The molecule has 138 valence electrons. The molecule has 0 bridgehead atoms. The van der Waals surface area contributed by atoms with Crippen molar-refractivity contribution >= 4 is 22.9 Å². The molecule has 0 radical (unpaired) electrons. The van der Waals surface area contributed by atoms with Crippen LogP contribution in [0.1, 0.15) is 32.9 Å². The van der Waals surface area contributed by atoms with E-state index in [0.29, 0.717) is 24.1 Å². The van der Waals surface area contributed by atoms with Gasteiger partial charge in [0.1, 0.15) is 10.8 Å². The summed E-state index contributed by atoms with van der Waals surface area (Å²) in [5, 5.41) is 12.2. The minimum atomic E-state index is -0.295. The lowest BCUT2D eigenvalue weighted by Gasteiger charge is -2.23. The van der Waals surface area contributed by atoms with Crippen molar-refractivity contribution in [3.63, 3.8) is 0 Å². The molecule has 1 amide bonds. The second-order valence-corrected chi connectivity index (χ2v) is 7.68. The molecular formula is C20H19FN4OS. The second-order valence-electron chi connectivity index (χ2n) is 6.62. The van der Waals surface area contributed by atoms with Crippen LogP contribution in [0.25, 0.3) is 0 Å². The fourth-order valence-electron chi connectivity index (χ4n) is 3.29. The van der Waals surface area contributed by atoms with E-state index in [0.717, 1.165) is 17.0 Å². The number of fused-ring (bicyclic) bond motifs is 1. The largest absolute Gasteiger partial charge is 0.361 e. The van der Waals surface area contributed by atoms with Gasteiger partial charge in [-0.15, -0.1) is 10.2 Å². The SMILES string of the molecule is CC1Cc2ccccc2N1Cc1nnc(C(=O)NCc2ccc(F)cc2)s1. The van der Waals surface area contributed by atoms with Gasteiger partial charge in [-0.2, -0.15) is 0 Å². The molecule has 3 aromatic rings. The summed E-state index contributed by atoms with van der Waals surface area (Å²) in [5.74, 6) is -0.561. The van der Waals surface area contributed by atoms with E-state index in [1.165, 1.54) is 34.7 Å². The highest BCUT2D eigenvalue weighted by atomic mass is 32.1. The number of carbonyl (C=O) groups is 1. The van der Waals surface area contributed by atoms with E-state index in [1.54, 1.807) is 12.1 Å². The van der Waals surface area contributed by atoms with Crippen molar-refractivity contribution in [2.45, 2.75) is 32.5 Å². The van der Waals surface area contributed by atoms with E-state index in [-0.39, 0.29) is 11.7 Å². The predicted molar refractivity (Wildman–Crippen MR) is 103 cm³/mol. The smallest absolute Gasteiger partial charge is 0.282 e. The average Bonchev–Trinajstić information content (AvgIpc) is 3.26. The van der Waals surface area contributed by atoms with Gasteiger partial charge in [-0.25, -0.2) is 4.39 Å². The molecule has 0 saturated carbocycles. The van der Waals surface area contributed by atoms with Gasteiger partial charge in [0, 0.05) is 18.3 Å². The van der Waals surface area contributed by atoms with Crippen LogP contribution in [0.2, 0.25) is 0 Å². The maximum Gasteiger partial charge on any atom is 0.282 e. The van der Waals surface area contributed by atoms with E-state index < -0.39 is 0 Å². The Labute approximate surface area is 160 Å². The average molecular weight is 382 g/mol. The number of aromatic nitrogens is 2. The van der Waals surface area contributed by atoms with Gasteiger partial charge >= 0.3 is 0 Å². The fraction of sp³-hybridized carbons (Fsp3) is 0.250. The third-order valence-electron chi connectivity index (χ3n) is 4.68. The summed E-state index contributed by atoms with van der Waals surface area (Å²) in [5.41, 5.74) is 3.39. The molecule has 2 heterocycles. The molecule has 2 aromatic carbocycles. The minimum absolute atomic E-state index is 0.266. The Bertz CT molecular complexity index is 957. The van der Waals surface area contributed by atoms with E-state index in [9.17, 15) is 9.18 Å². The third kappa shape index (κ3) is 3.83. The topological polar surface area (TPSA) is 58.1 Å². The van der Waals surface area contributed by atoms with Gasteiger partial charge < -0.3 is 10.2 Å². The summed E-state index contributed by atoms with van der Waals surface area (Å²) in [7, 11) is 0. The zero-order valence-corrected chi connectivity index (χ0v) is 15.7. The van der Waals surface area contributed by atoms with Crippen molar-refractivity contribution in [1.29, 1.82) is 0 Å². The van der Waals surface area contributed by atoms with Gasteiger partial charge in [0.2, 0.25) is 5.01 Å². The summed E-state index contributed by atoms with van der Waals surface area (Å²) < 4.78 is 12.9. The third-order valence-corrected chi connectivity index (χ3v) is 5.59. The Morgan fingerprint density at radius 2 is 2.00 bits per heavy atom. The summed E-state index contributed by atoms with van der Waals surface area (Å²) in [6.45, 7) is 3.16. The summed E-state index contributed by atoms with van der Waals surface area (Å²) in [6, 6.07) is 14.8. The standard InChI is InChI=1S/C20H19FN4OS/c1-13-10-15-4-2-3-5-17(15)25(13)12-18-23-24-20(27-18)19(26)22-11-14-6-8-16(21)9-7-14/h2-9,13H,10-12H2,1H3,(H,22,26). The number of hydrogen-bond donors (Lipinski definition) is 1. The molecule has 5 nitrogen and oxygen atoms in total. The summed E-state index contributed by atoms with van der Waals surface area (Å²) in [6.07, 6.45) is 1.01. The van der Waals surface area contributed by atoms with Crippen LogP contribution >= 0.6 is 11.3 Å². The van der Waals surface area contributed by atoms with E-state index in [4.69, 9.17) is 0 Å². The maximum atomic E-state index is 12.9. The van der Waals surface area contributed by atoms with Crippen molar-refractivity contribution in [3.05, 3.63) is 75.5 Å². The molecule has 0 fully saturated rings. The molecule has 1 atom stereocenters. The highest BCUT2D eigenvalue weighted by Crippen LogP contribution is 2.33. The number of carbonyl (C=O) groups excluding carboxylic acids is 1. The fourth-order valence-corrected chi connectivity index (χ4v) is 4.04. The number of benzene rings is 2. The number of nitrogens with zero attached hydrogens (tertiary/aromatic N) is 3. The summed E-state index contributed by atoms with van der Waals surface area (Å²) >= 11 is 1.31. The van der Waals surface area contributed by atoms with Gasteiger partial charge in [0.15, 0.2) is 0 Å².